The quantitative estimate of drug-likeness (QED) is 0.299. The summed E-state index contributed by atoms with van der Waals surface area (Å²) in [6, 6.07) is 10.5. The summed E-state index contributed by atoms with van der Waals surface area (Å²) in [4.78, 5) is 25.8. The van der Waals surface area contributed by atoms with Gasteiger partial charge in [0, 0.05) is 31.9 Å². The summed E-state index contributed by atoms with van der Waals surface area (Å²) in [6.07, 6.45) is 2.67. The molecule has 10 nitrogen and oxygen atoms in total. The fourth-order valence-electron chi connectivity index (χ4n) is 4.26. The number of nitrogens with one attached hydrogen (secondary N) is 3. The number of aryl methyl sites for hydroxylation is 1. The summed E-state index contributed by atoms with van der Waals surface area (Å²) in [5.41, 5.74) is 3.54. The Labute approximate surface area is 240 Å². The van der Waals surface area contributed by atoms with Crippen LogP contribution in [-0.2, 0) is 14.6 Å². The SMILES string of the molecule is C=CC(=O)Nc1cc(Nc2ncc(Cl)c(Nc3ccccc3S(=O)(=O)C(C)C)n2)c(C)cc1N1CCN(C)CC1. The Hall–Kier alpha value is -3.67. The van der Waals surface area contributed by atoms with E-state index in [2.05, 4.69) is 49.3 Å². The van der Waals surface area contributed by atoms with Gasteiger partial charge in [0.05, 0.1) is 33.4 Å². The molecule has 2 heterocycles. The van der Waals surface area contributed by atoms with Crippen LogP contribution in [0.3, 0.4) is 0 Å². The van der Waals surface area contributed by atoms with Crippen molar-refractivity contribution in [1.29, 1.82) is 0 Å². The van der Waals surface area contributed by atoms with E-state index in [1.54, 1.807) is 38.1 Å². The predicted molar refractivity (Wildman–Crippen MR) is 162 cm³/mol. The number of rotatable bonds is 9. The van der Waals surface area contributed by atoms with E-state index in [4.69, 9.17) is 11.6 Å². The number of likely N-dealkylation sites (N-methyl/N-ethyl adjacent to an activating group) is 1. The standard InChI is InChI=1S/C28H34ClN7O3S/c1-6-26(37)31-23-16-22(19(4)15-24(23)36-13-11-35(5)12-14-36)33-28-30-17-20(29)27(34-28)32-21-9-7-8-10-25(21)40(38,39)18(2)3/h6-10,15-18H,1,11-14H2,2-5H3,(H,31,37)(H2,30,32,33,34). The molecule has 1 fully saturated rings. The Morgan fingerprint density at radius 1 is 1.07 bits per heavy atom. The highest BCUT2D eigenvalue weighted by molar-refractivity contribution is 7.92. The van der Waals surface area contributed by atoms with Gasteiger partial charge in [-0.25, -0.2) is 13.4 Å². The molecule has 1 aromatic heterocycles. The third-order valence-electron chi connectivity index (χ3n) is 6.69. The molecule has 1 aliphatic heterocycles. The molecule has 0 radical (unpaired) electrons. The number of carbonyl (C=O) groups excluding carboxylic acids is 1. The zero-order valence-electron chi connectivity index (χ0n) is 23.0. The Kier molecular flexibility index (Phi) is 8.97. The number of carbonyl (C=O) groups is 1. The molecule has 12 heteroatoms. The molecule has 212 valence electrons. The number of nitrogens with zero attached hydrogens (tertiary/aromatic N) is 4. The van der Waals surface area contributed by atoms with Crippen LogP contribution < -0.4 is 20.9 Å². The average molecular weight is 584 g/mol. The zero-order valence-corrected chi connectivity index (χ0v) is 24.6. The number of amides is 1. The molecular formula is C28H34ClN7O3S. The highest BCUT2D eigenvalue weighted by atomic mass is 35.5. The van der Waals surface area contributed by atoms with Gasteiger partial charge in [0.2, 0.25) is 11.9 Å². The molecule has 3 aromatic rings. The van der Waals surface area contributed by atoms with Crippen LogP contribution in [0, 0.1) is 6.92 Å². The topological polar surface area (TPSA) is 120 Å². The molecule has 0 unspecified atom stereocenters. The maximum atomic E-state index is 12.9. The maximum Gasteiger partial charge on any atom is 0.247 e. The monoisotopic (exact) mass is 583 g/mol. The molecular weight excluding hydrogens is 550 g/mol. The number of sulfone groups is 1. The lowest BCUT2D eigenvalue weighted by Gasteiger charge is -2.35. The third-order valence-corrected chi connectivity index (χ3v) is 9.17. The van der Waals surface area contributed by atoms with E-state index in [0.717, 1.165) is 37.4 Å². The number of hydrogen-bond acceptors (Lipinski definition) is 9. The third kappa shape index (κ3) is 6.55. The van der Waals surface area contributed by atoms with Crippen molar-refractivity contribution < 1.29 is 13.2 Å². The average Bonchev–Trinajstić information content (AvgIpc) is 2.92. The van der Waals surface area contributed by atoms with Crippen molar-refractivity contribution in [1.82, 2.24) is 14.9 Å². The minimum Gasteiger partial charge on any atom is -0.367 e. The second-order valence-corrected chi connectivity index (χ2v) is 12.8. The van der Waals surface area contributed by atoms with Gasteiger partial charge in [0.1, 0.15) is 5.02 Å². The van der Waals surface area contributed by atoms with Gasteiger partial charge >= 0.3 is 0 Å². The lowest BCUT2D eigenvalue weighted by atomic mass is 10.1. The van der Waals surface area contributed by atoms with Gasteiger partial charge < -0.3 is 25.8 Å². The summed E-state index contributed by atoms with van der Waals surface area (Å²) < 4.78 is 25.8. The van der Waals surface area contributed by atoms with E-state index < -0.39 is 15.1 Å². The van der Waals surface area contributed by atoms with E-state index in [9.17, 15) is 13.2 Å². The number of halogens is 1. The van der Waals surface area contributed by atoms with Crippen molar-refractivity contribution in [2.45, 2.75) is 30.9 Å². The van der Waals surface area contributed by atoms with Gasteiger partial charge in [-0.3, -0.25) is 4.79 Å². The van der Waals surface area contributed by atoms with E-state index in [1.807, 2.05) is 19.1 Å². The molecule has 1 saturated heterocycles. The molecule has 1 aliphatic rings. The van der Waals surface area contributed by atoms with Crippen molar-refractivity contribution in [3.05, 3.63) is 65.8 Å². The van der Waals surface area contributed by atoms with Gasteiger partial charge in [-0.2, -0.15) is 4.98 Å². The van der Waals surface area contributed by atoms with Crippen LogP contribution >= 0.6 is 11.6 Å². The van der Waals surface area contributed by atoms with Crippen LogP contribution in [0.15, 0.2) is 60.1 Å². The second-order valence-electron chi connectivity index (χ2n) is 9.90. The Balaban J connectivity index is 1.66. The number of hydrogen-bond donors (Lipinski definition) is 3. The first kappa shape index (κ1) is 29.3. The van der Waals surface area contributed by atoms with Gasteiger partial charge in [-0.1, -0.05) is 30.3 Å². The van der Waals surface area contributed by atoms with E-state index in [-0.39, 0.29) is 27.6 Å². The zero-order chi connectivity index (χ0) is 29.0. The summed E-state index contributed by atoms with van der Waals surface area (Å²) in [6.45, 7) is 12.3. The molecule has 4 rings (SSSR count). The Morgan fingerprint density at radius 2 is 1.77 bits per heavy atom. The van der Waals surface area contributed by atoms with Gasteiger partial charge in [-0.05, 0) is 63.7 Å². The van der Waals surface area contributed by atoms with E-state index >= 15 is 0 Å². The number of piperazine rings is 1. The number of aromatic nitrogens is 2. The minimum atomic E-state index is -3.55. The van der Waals surface area contributed by atoms with Crippen molar-refractivity contribution in [3.63, 3.8) is 0 Å². The van der Waals surface area contributed by atoms with Crippen LogP contribution in [0.5, 0.6) is 0 Å². The first-order chi connectivity index (χ1) is 19.0. The highest BCUT2D eigenvalue weighted by Crippen LogP contribution is 2.35. The van der Waals surface area contributed by atoms with Crippen molar-refractivity contribution in [2.75, 3.05) is 54.1 Å². The smallest absolute Gasteiger partial charge is 0.247 e. The van der Waals surface area contributed by atoms with Crippen LogP contribution in [0.25, 0.3) is 0 Å². The minimum absolute atomic E-state index is 0.159. The van der Waals surface area contributed by atoms with Gasteiger partial charge in [0.15, 0.2) is 15.7 Å². The Bertz CT molecular complexity index is 1520. The first-order valence-electron chi connectivity index (χ1n) is 12.9. The lowest BCUT2D eigenvalue weighted by molar-refractivity contribution is -0.111. The molecule has 0 bridgehead atoms. The number of benzene rings is 2. The molecule has 3 N–H and O–H groups in total. The van der Waals surface area contributed by atoms with Crippen molar-refractivity contribution in [2.24, 2.45) is 0 Å². The molecule has 0 aliphatic carbocycles. The maximum absolute atomic E-state index is 12.9. The fourth-order valence-corrected chi connectivity index (χ4v) is 5.60. The summed E-state index contributed by atoms with van der Waals surface area (Å²) in [5, 5.41) is 8.83. The molecule has 40 heavy (non-hydrogen) atoms. The highest BCUT2D eigenvalue weighted by Gasteiger charge is 2.23. The van der Waals surface area contributed by atoms with E-state index in [0.29, 0.717) is 17.1 Å². The normalized spacial score (nSPS) is 14.2. The largest absolute Gasteiger partial charge is 0.367 e. The van der Waals surface area contributed by atoms with E-state index in [1.165, 1.54) is 12.3 Å². The van der Waals surface area contributed by atoms with Gasteiger partial charge in [-0.15, -0.1) is 0 Å². The van der Waals surface area contributed by atoms with Crippen LogP contribution in [0.4, 0.5) is 34.5 Å². The molecule has 0 spiro atoms. The van der Waals surface area contributed by atoms with Crippen LogP contribution in [0.1, 0.15) is 19.4 Å². The molecule has 1 amide bonds. The van der Waals surface area contributed by atoms with Gasteiger partial charge in [0.25, 0.3) is 0 Å². The first-order valence-corrected chi connectivity index (χ1v) is 14.8. The number of para-hydroxylation sites is 1. The second kappa shape index (κ2) is 12.2. The molecule has 0 saturated carbocycles. The number of anilines is 6. The Morgan fingerprint density at radius 3 is 2.45 bits per heavy atom. The summed E-state index contributed by atoms with van der Waals surface area (Å²) >= 11 is 6.39. The fraction of sp³-hybridized carbons (Fsp3) is 0.321. The van der Waals surface area contributed by atoms with Crippen molar-refractivity contribution >= 4 is 61.9 Å². The van der Waals surface area contributed by atoms with Crippen LogP contribution in [0.2, 0.25) is 5.02 Å². The van der Waals surface area contributed by atoms with Crippen LogP contribution in [-0.4, -0.2) is 67.7 Å². The summed E-state index contributed by atoms with van der Waals surface area (Å²) in [5.74, 6) is 0.180. The predicted octanol–water partition coefficient (Wildman–Crippen LogP) is 4.98. The molecule has 2 aromatic carbocycles. The summed E-state index contributed by atoms with van der Waals surface area (Å²) in [7, 11) is -1.46. The molecule has 0 atom stereocenters. The lowest BCUT2D eigenvalue weighted by Crippen LogP contribution is -2.44. The van der Waals surface area contributed by atoms with Crippen molar-refractivity contribution in [3.8, 4) is 0 Å².